The highest BCUT2D eigenvalue weighted by Gasteiger charge is 2.25. The average Bonchev–Trinajstić information content (AvgIpc) is 3.21. The number of nitrogens with one attached hydrogen (secondary N) is 1. The molecule has 2 heterocycles. The molecule has 6 nitrogen and oxygen atoms in total. The minimum absolute atomic E-state index is 0.163. The molecule has 1 atom stereocenters. The second-order valence-electron chi connectivity index (χ2n) is 5.91. The van der Waals surface area contributed by atoms with Crippen LogP contribution in [0.1, 0.15) is 50.8 Å². The van der Waals surface area contributed by atoms with Gasteiger partial charge in [-0.25, -0.2) is 4.68 Å². The second kappa shape index (κ2) is 5.91. The van der Waals surface area contributed by atoms with E-state index in [0.29, 0.717) is 6.04 Å². The lowest BCUT2D eigenvalue weighted by Crippen LogP contribution is -2.39. The molecular formula is C14H23N5O. The zero-order valence-corrected chi connectivity index (χ0v) is 12.1. The summed E-state index contributed by atoms with van der Waals surface area (Å²) < 4.78 is 1.70. The van der Waals surface area contributed by atoms with E-state index in [0.717, 1.165) is 38.2 Å². The van der Waals surface area contributed by atoms with Crippen molar-refractivity contribution in [3.05, 3.63) is 11.9 Å². The number of amides is 1. The number of carbonyl (C=O) groups is 1. The van der Waals surface area contributed by atoms with Crippen LogP contribution in [0, 0.1) is 0 Å². The minimum atomic E-state index is -0.254. The molecule has 1 aliphatic carbocycles. The number of rotatable bonds is 5. The van der Waals surface area contributed by atoms with Crippen LogP contribution >= 0.6 is 0 Å². The molecule has 1 aliphatic heterocycles. The van der Waals surface area contributed by atoms with Crippen LogP contribution in [0.3, 0.4) is 0 Å². The summed E-state index contributed by atoms with van der Waals surface area (Å²) in [6.07, 6.45) is 7.88. The topological polar surface area (TPSA) is 63.1 Å². The molecule has 6 heteroatoms. The van der Waals surface area contributed by atoms with Crippen molar-refractivity contribution >= 4 is 5.91 Å². The molecule has 1 N–H and O–H groups in total. The van der Waals surface area contributed by atoms with E-state index in [1.54, 1.807) is 4.68 Å². The Bertz CT molecular complexity index is 462. The van der Waals surface area contributed by atoms with Gasteiger partial charge in [-0.2, -0.15) is 0 Å². The van der Waals surface area contributed by atoms with Crippen LogP contribution < -0.4 is 5.32 Å². The van der Waals surface area contributed by atoms with E-state index in [1.165, 1.54) is 19.3 Å². The molecule has 1 aromatic rings. The largest absolute Gasteiger partial charge is 0.341 e. The summed E-state index contributed by atoms with van der Waals surface area (Å²) >= 11 is 0. The van der Waals surface area contributed by atoms with E-state index in [4.69, 9.17) is 0 Å². The first kappa shape index (κ1) is 13.5. The molecule has 2 fully saturated rings. The third-order valence-corrected chi connectivity index (χ3v) is 4.13. The van der Waals surface area contributed by atoms with Crippen LogP contribution in [-0.4, -0.2) is 44.9 Å². The molecule has 1 unspecified atom stereocenters. The summed E-state index contributed by atoms with van der Waals surface area (Å²) in [6, 6.07) is 0.405. The standard InChI is InChI=1S/C14H23N5O/c1-11(14(20)18-7-3-2-4-8-18)19-10-13(16-17-19)9-15-12-5-6-12/h10-12,15H,2-9H2,1H3. The van der Waals surface area contributed by atoms with E-state index in [-0.39, 0.29) is 11.9 Å². The van der Waals surface area contributed by atoms with Gasteiger partial charge < -0.3 is 10.2 Å². The Morgan fingerprint density at radius 2 is 2.15 bits per heavy atom. The van der Waals surface area contributed by atoms with Crippen molar-refractivity contribution < 1.29 is 4.79 Å². The number of hydrogen-bond donors (Lipinski definition) is 1. The van der Waals surface area contributed by atoms with Gasteiger partial charge in [-0.15, -0.1) is 5.10 Å². The summed E-state index contributed by atoms with van der Waals surface area (Å²) in [5, 5.41) is 11.7. The first-order valence-electron chi connectivity index (χ1n) is 7.67. The number of nitrogens with zero attached hydrogens (tertiary/aromatic N) is 4. The minimum Gasteiger partial charge on any atom is -0.341 e. The summed E-state index contributed by atoms with van der Waals surface area (Å²) in [7, 11) is 0. The van der Waals surface area contributed by atoms with Crippen LogP contribution in [0.25, 0.3) is 0 Å². The Labute approximate surface area is 119 Å². The molecule has 20 heavy (non-hydrogen) atoms. The first-order valence-corrected chi connectivity index (χ1v) is 7.67. The van der Waals surface area contributed by atoms with Crippen LogP contribution in [0.2, 0.25) is 0 Å². The summed E-state index contributed by atoms with van der Waals surface area (Å²) in [5.41, 5.74) is 0.912. The van der Waals surface area contributed by atoms with Gasteiger partial charge in [0, 0.05) is 25.7 Å². The molecule has 0 radical (unpaired) electrons. The smallest absolute Gasteiger partial charge is 0.247 e. The predicted octanol–water partition coefficient (Wildman–Crippen LogP) is 1.10. The Morgan fingerprint density at radius 3 is 2.85 bits per heavy atom. The Kier molecular flexibility index (Phi) is 4.00. The lowest BCUT2D eigenvalue weighted by Gasteiger charge is -2.29. The number of carbonyl (C=O) groups excluding carboxylic acids is 1. The highest BCUT2D eigenvalue weighted by atomic mass is 16.2. The third-order valence-electron chi connectivity index (χ3n) is 4.13. The number of aromatic nitrogens is 3. The fourth-order valence-corrected chi connectivity index (χ4v) is 2.61. The fraction of sp³-hybridized carbons (Fsp3) is 0.786. The maximum absolute atomic E-state index is 12.4. The maximum atomic E-state index is 12.4. The Hall–Kier alpha value is -1.43. The first-order chi connectivity index (χ1) is 9.74. The van der Waals surface area contributed by atoms with Crippen molar-refractivity contribution in [1.82, 2.24) is 25.2 Å². The molecule has 1 saturated heterocycles. The van der Waals surface area contributed by atoms with E-state index in [1.807, 2.05) is 18.0 Å². The van der Waals surface area contributed by atoms with Crippen molar-refractivity contribution in [2.45, 2.75) is 57.7 Å². The Balaban J connectivity index is 1.57. The molecular weight excluding hydrogens is 254 g/mol. The number of piperidine rings is 1. The number of likely N-dealkylation sites (tertiary alicyclic amines) is 1. The summed E-state index contributed by atoms with van der Waals surface area (Å²) in [6.45, 7) is 4.42. The zero-order chi connectivity index (χ0) is 13.9. The van der Waals surface area contributed by atoms with Crippen LogP contribution in [0.5, 0.6) is 0 Å². The molecule has 3 rings (SSSR count). The average molecular weight is 277 g/mol. The fourth-order valence-electron chi connectivity index (χ4n) is 2.61. The molecule has 2 aliphatic rings. The van der Waals surface area contributed by atoms with Crippen molar-refractivity contribution in [3.8, 4) is 0 Å². The third kappa shape index (κ3) is 3.17. The van der Waals surface area contributed by atoms with Crippen molar-refractivity contribution in [3.63, 3.8) is 0 Å². The van der Waals surface area contributed by atoms with Gasteiger partial charge in [0.15, 0.2) is 0 Å². The number of hydrogen-bond acceptors (Lipinski definition) is 4. The molecule has 1 saturated carbocycles. The van der Waals surface area contributed by atoms with Gasteiger partial charge in [0.2, 0.25) is 5.91 Å². The lowest BCUT2D eigenvalue weighted by molar-refractivity contribution is -0.135. The van der Waals surface area contributed by atoms with Crippen LogP contribution in [0.4, 0.5) is 0 Å². The van der Waals surface area contributed by atoms with Crippen LogP contribution in [0.15, 0.2) is 6.20 Å². The van der Waals surface area contributed by atoms with Crippen LogP contribution in [-0.2, 0) is 11.3 Å². The zero-order valence-electron chi connectivity index (χ0n) is 12.1. The highest BCUT2D eigenvalue weighted by molar-refractivity contribution is 5.80. The van der Waals surface area contributed by atoms with Gasteiger partial charge in [-0.3, -0.25) is 4.79 Å². The quantitative estimate of drug-likeness (QED) is 0.875. The summed E-state index contributed by atoms with van der Waals surface area (Å²) in [4.78, 5) is 14.4. The normalized spacial score (nSPS) is 20.9. The van der Waals surface area contributed by atoms with Gasteiger partial charge in [-0.05, 0) is 39.0 Å². The molecule has 1 amide bonds. The van der Waals surface area contributed by atoms with Gasteiger partial charge in [0.25, 0.3) is 0 Å². The molecule has 0 spiro atoms. The predicted molar refractivity (Wildman–Crippen MR) is 75.0 cm³/mol. The molecule has 0 aromatic carbocycles. The SMILES string of the molecule is CC(C(=O)N1CCCCC1)n1cc(CNC2CC2)nn1. The van der Waals surface area contributed by atoms with Gasteiger partial charge in [0.1, 0.15) is 6.04 Å². The van der Waals surface area contributed by atoms with E-state index < -0.39 is 0 Å². The van der Waals surface area contributed by atoms with Gasteiger partial charge in [-0.1, -0.05) is 5.21 Å². The van der Waals surface area contributed by atoms with Crippen molar-refractivity contribution in [1.29, 1.82) is 0 Å². The van der Waals surface area contributed by atoms with Crippen molar-refractivity contribution in [2.24, 2.45) is 0 Å². The monoisotopic (exact) mass is 277 g/mol. The highest BCUT2D eigenvalue weighted by Crippen LogP contribution is 2.19. The lowest BCUT2D eigenvalue weighted by atomic mass is 10.1. The molecule has 110 valence electrons. The van der Waals surface area contributed by atoms with Crippen molar-refractivity contribution in [2.75, 3.05) is 13.1 Å². The Morgan fingerprint density at radius 1 is 1.40 bits per heavy atom. The van der Waals surface area contributed by atoms with E-state index >= 15 is 0 Å². The second-order valence-corrected chi connectivity index (χ2v) is 5.91. The summed E-state index contributed by atoms with van der Waals surface area (Å²) in [5.74, 6) is 0.163. The van der Waals surface area contributed by atoms with Gasteiger partial charge in [0.05, 0.1) is 11.9 Å². The van der Waals surface area contributed by atoms with E-state index in [9.17, 15) is 4.79 Å². The van der Waals surface area contributed by atoms with E-state index in [2.05, 4.69) is 15.6 Å². The van der Waals surface area contributed by atoms with Gasteiger partial charge >= 0.3 is 0 Å². The maximum Gasteiger partial charge on any atom is 0.247 e. The molecule has 0 bridgehead atoms. The molecule has 1 aromatic heterocycles.